The van der Waals surface area contributed by atoms with Gasteiger partial charge in [0.25, 0.3) is 0 Å². The van der Waals surface area contributed by atoms with Crippen molar-refractivity contribution in [3.05, 3.63) is 46.9 Å². The molecule has 2 aromatic rings. The van der Waals surface area contributed by atoms with Crippen LogP contribution in [0.4, 0.5) is 5.82 Å². The molecule has 8 nitrogen and oxygen atoms in total. The summed E-state index contributed by atoms with van der Waals surface area (Å²) < 4.78 is 23.8. The van der Waals surface area contributed by atoms with E-state index >= 15 is 0 Å². The van der Waals surface area contributed by atoms with Gasteiger partial charge in [-0.1, -0.05) is 43.4 Å². The van der Waals surface area contributed by atoms with Crippen LogP contribution in [0.1, 0.15) is 69.2 Å². The molecule has 2 atom stereocenters. The molecule has 1 fully saturated rings. The lowest BCUT2D eigenvalue weighted by Crippen LogP contribution is -2.29. The number of nitrogens with one attached hydrogen (secondary N) is 1. The first-order chi connectivity index (χ1) is 15.4. The Morgan fingerprint density at radius 2 is 1.91 bits per heavy atom. The summed E-state index contributed by atoms with van der Waals surface area (Å²) in [6, 6.07) is 4.62. The maximum atomic E-state index is 13.2. The number of aromatic nitrogens is 2. The Bertz CT molecular complexity index is 1090. The van der Waals surface area contributed by atoms with E-state index in [4.69, 9.17) is 11.6 Å². The van der Waals surface area contributed by atoms with Crippen LogP contribution in [0.3, 0.4) is 0 Å². The minimum Gasteiger partial charge on any atom is -0.387 e. The summed E-state index contributed by atoms with van der Waals surface area (Å²) in [5, 5.41) is 22.9. The van der Waals surface area contributed by atoms with Gasteiger partial charge in [-0.05, 0) is 43.9 Å². The second-order valence-electron chi connectivity index (χ2n) is 9.27. The molecule has 1 unspecified atom stereocenters. The number of anilines is 1. The van der Waals surface area contributed by atoms with Crippen LogP contribution in [-0.2, 0) is 14.6 Å². The highest BCUT2D eigenvalue weighted by atomic mass is 35.5. The fourth-order valence-electron chi connectivity index (χ4n) is 4.13. The normalized spacial score (nSPS) is 17.0. The van der Waals surface area contributed by atoms with Crippen LogP contribution >= 0.6 is 11.6 Å². The topological polar surface area (TPSA) is 129 Å². The summed E-state index contributed by atoms with van der Waals surface area (Å²) >= 11 is 6.25. The van der Waals surface area contributed by atoms with Crippen LogP contribution in [0.2, 0.25) is 5.02 Å². The van der Waals surface area contributed by atoms with Gasteiger partial charge in [-0.25, -0.2) is 13.4 Å². The van der Waals surface area contributed by atoms with Crippen LogP contribution in [0.5, 0.6) is 0 Å². The number of benzene rings is 1. The zero-order valence-electron chi connectivity index (χ0n) is 19.0. The van der Waals surface area contributed by atoms with Crippen LogP contribution in [0.15, 0.2) is 35.5 Å². The molecule has 0 spiro atoms. The van der Waals surface area contributed by atoms with Crippen molar-refractivity contribution < 1.29 is 23.4 Å². The Labute approximate surface area is 199 Å². The Hall–Kier alpha value is -2.07. The van der Waals surface area contributed by atoms with E-state index < -0.39 is 27.5 Å². The number of rotatable bonds is 8. The highest BCUT2D eigenvalue weighted by molar-refractivity contribution is 7.90. The second kappa shape index (κ2) is 10.0. The van der Waals surface area contributed by atoms with E-state index in [2.05, 4.69) is 15.3 Å². The summed E-state index contributed by atoms with van der Waals surface area (Å²) in [7, 11) is -3.48. The largest absolute Gasteiger partial charge is 0.387 e. The maximum absolute atomic E-state index is 13.2. The molecule has 1 saturated carbocycles. The number of carbonyl (C=O) groups is 1. The molecular weight excluding hydrogens is 466 g/mol. The van der Waals surface area contributed by atoms with Gasteiger partial charge in [-0.3, -0.25) is 9.78 Å². The first kappa shape index (κ1) is 25.6. The van der Waals surface area contributed by atoms with Crippen molar-refractivity contribution in [2.24, 2.45) is 5.92 Å². The number of aliphatic hydroxyl groups is 2. The molecule has 1 heterocycles. The average molecular weight is 496 g/mol. The van der Waals surface area contributed by atoms with Gasteiger partial charge in [-0.2, -0.15) is 0 Å². The predicted molar refractivity (Wildman–Crippen MR) is 126 cm³/mol. The molecule has 1 aliphatic rings. The monoisotopic (exact) mass is 495 g/mol. The molecule has 1 aromatic carbocycles. The zero-order chi connectivity index (χ0) is 24.4. The van der Waals surface area contributed by atoms with Crippen molar-refractivity contribution in [1.82, 2.24) is 9.97 Å². The fraction of sp³-hybridized carbons (Fsp3) is 0.522. The predicted octanol–water partition coefficient (Wildman–Crippen LogP) is 3.64. The number of hydrogen-bond donors (Lipinski definition) is 3. The summed E-state index contributed by atoms with van der Waals surface area (Å²) in [5.74, 6) is -0.232. The van der Waals surface area contributed by atoms with E-state index in [1.54, 1.807) is 12.1 Å². The van der Waals surface area contributed by atoms with E-state index in [0.29, 0.717) is 17.9 Å². The smallest absolute Gasteiger partial charge is 0.233 e. The second-order valence-corrected chi connectivity index (χ2v) is 11.7. The van der Waals surface area contributed by atoms with Crippen molar-refractivity contribution in [2.45, 2.75) is 68.5 Å². The van der Waals surface area contributed by atoms with E-state index in [0.717, 1.165) is 31.9 Å². The van der Waals surface area contributed by atoms with Crippen molar-refractivity contribution in [3.63, 3.8) is 0 Å². The van der Waals surface area contributed by atoms with E-state index in [1.807, 2.05) is 0 Å². The van der Waals surface area contributed by atoms with Gasteiger partial charge in [0.2, 0.25) is 5.91 Å². The minimum absolute atomic E-state index is 0.0276. The van der Waals surface area contributed by atoms with Crippen molar-refractivity contribution >= 4 is 33.2 Å². The molecule has 0 radical (unpaired) electrons. The number of carbonyl (C=O) groups excluding carboxylic acids is 1. The van der Waals surface area contributed by atoms with E-state index in [-0.39, 0.29) is 27.3 Å². The summed E-state index contributed by atoms with van der Waals surface area (Å²) in [4.78, 5) is 21.5. The van der Waals surface area contributed by atoms with Gasteiger partial charge >= 0.3 is 0 Å². The first-order valence-corrected chi connectivity index (χ1v) is 13.2. The zero-order valence-corrected chi connectivity index (χ0v) is 20.5. The van der Waals surface area contributed by atoms with Gasteiger partial charge in [-0.15, -0.1) is 0 Å². The van der Waals surface area contributed by atoms with Gasteiger partial charge in [0.05, 0.1) is 39.5 Å². The van der Waals surface area contributed by atoms with Crippen molar-refractivity contribution in [2.75, 3.05) is 11.6 Å². The lowest BCUT2D eigenvalue weighted by molar-refractivity contribution is -0.118. The Morgan fingerprint density at radius 3 is 2.42 bits per heavy atom. The lowest BCUT2D eigenvalue weighted by Gasteiger charge is -2.24. The summed E-state index contributed by atoms with van der Waals surface area (Å²) in [6.07, 6.45) is 7.46. The number of aliphatic hydroxyl groups excluding tert-OH is 1. The third-order valence-corrected chi connectivity index (χ3v) is 7.57. The standard InChI is InChI=1S/C23H30ClN3O5S/c1-23(2,30)21(28)18-12-26-20(13-25-18)27-22(29)16(10-14-6-4-5-7-14)15-8-9-19(17(24)11-15)33(3,31)32/h8-9,11-14,16,21,28,30H,4-7,10H2,1-3H3,(H,26,27,29)/t16?,21-/m1/s1. The number of halogens is 1. The molecule has 10 heteroatoms. The van der Waals surface area contributed by atoms with Gasteiger partial charge in [0, 0.05) is 6.26 Å². The highest BCUT2D eigenvalue weighted by Gasteiger charge is 2.29. The molecule has 1 aromatic heterocycles. The number of nitrogens with zero attached hydrogens (tertiary/aromatic N) is 2. The first-order valence-electron chi connectivity index (χ1n) is 10.9. The third kappa shape index (κ3) is 6.50. The Kier molecular flexibility index (Phi) is 7.78. The van der Waals surface area contributed by atoms with Gasteiger partial charge in [0.15, 0.2) is 15.7 Å². The summed E-state index contributed by atoms with van der Waals surface area (Å²) in [6.45, 7) is 2.92. The Balaban J connectivity index is 1.84. The Morgan fingerprint density at radius 1 is 1.24 bits per heavy atom. The molecule has 3 N–H and O–H groups in total. The lowest BCUT2D eigenvalue weighted by atomic mass is 9.87. The third-order valence-electron chi connectivity index (χ3n) is 5.99. The van der Waals surface area contributed by atoms with Crippen molar-refractivity contribution in [1.29, 1.82) is 0 Å². The van der Waals surface area contributed by atoms with Crippen LogP contribution < -0.4 is 5.32 Å². The molecule has 0 bridgehead atoms. The SMILES string of the molecule is CC(C)(O)[C@H](O)c1cnc(NC(=O)C(CC2CCCC2)c2ccc(S(C)(=O)=O)c(Cl)c2)cn1. The number of hydrogen-bond acceptors (Lipinski definition) is 7. The van der Waals surface area contributed by atoms with E-state index in [1.165, 1.54) is 32.3 Å². The average Bonchev–Trinajstić information content (AvgIpc) is 3.23. The van der Waals surface area contributed by atoms with Crippen LogP contribution in [0.25, 0.3) is 0 Å². The molecule has 180 valence electrons. The maximum Gasteiger partial charge on any atom is 0.233 e. The van der Waals surface area contributed by atoms with Gasteiger partial charge < -0.3 is 15.5 Å². The molecule has 33 heavy (non-hydrogen) atoms. The summed E-state index contributed by atoms with van der Waals surface area (Å²) in [5.41, 5.74) is -0.562. The molecular formula is C23H30ClN3O5S. The van der Waals surface area contributed by atoms with Crippen molar-refractivity contribution in [3.8, 4) is 0 Å². The van der Waals surface area contributed by atoms with Gasteiger partial charge in [0.1, 0.15) is 6.10 Å². The number of sulfone groups is 1. The van der Waals surface area contributed by atoms with E-state index in [9.17, 15) is 23.4 Å². The quantitative estimate of drug-likeness (QED) is 0.509. The highest BCUT2D eigenvalue weighted by Crippen LogP contribution is 2.36. The molecule has 0 saturated heterocycles. The van der Waals surface area contributed by atoms with Crippen LogP contribution in [-0.4, -0.2) is 46.4 Å². The number of amides is 1. The fourth-order valence-corrected chi connectivity index (χ4v) is 5.47. The molecule has 3 rings (SSSR count). The molecule has 1 amide bonds. The van der Waals surface area contributed by atoms with Crippen LogP contribution in [0, 0.1) is 5.92 Å². The molecule has 1 aliphatic carbocycles. The minimum atomic E-state index is -3.48. The molecule has 0 aliphatic heterocycles.